The number of hydrogen-bond acceptors (Lipinski definition) is 4. The molecule has 2 aromatic rings. The number of nitrogens with one attached hydrogen (secondary N) is 3. The van der Waals surface area contributed by atoms with E-state index in [0.29, 0.717) is 5.69 Å². The van der Waals surface area contributed by atoms with E-state index in [0.717, 1.165) is 31.5 Å². The van der Waals surface area contributed by atoms with Crippen molar-refractivity contribution in [3.05, 3.63) is 59.7 Å². The number of nitrogens with zero attached hydrogens (tertiary/aromatic N) is 1. The van der Waals surface area contributed by atoms with Crippen LogP contribution in [0.25, 0.3) is 0 Å². The van der Waals surface area contributed by atoms with E-state index in [9.17, 15) is 18.0 Å². The highest BCUT2D eigenvalue weighted by molar-refractivity contribution is 7.89. The summed E-state index contributed by atoms with van der Waals surface area (Å²) >= 11 is 0. The first-order valence-electron chi connectivity index (χ1n) is 10.3. The zero-order chi connectivity index (χ0) is 22.4. The first kappa shape index (κ1) is 22.8. The van der Waals surface area contributed by atoms with Gasteiger partial charge in [0.05, 0.1) is 4.90 Å². The molecule has 3 N–H and O–H groups in total. The Bertz CT molecular complexity index is 1050. The second-order valence-corrected chi connectivity index (χ2v) is 9.53. The molecule has 0 unspecified atom stereocenters. The number of rotatable bonds is 7. The van der Waals surface area contributed by atoms with E-state index in [4.69, 9.17) is 0 Å². The minimum absolute atomic E-state index is 0.0421. The number of sulfonamides is 1. The van der Waals surface area contributed by atoms with Gasteiger partial charge in [-0.15, -0.1) is 0 Å². The van der Waals surface area contributed by atoms with Crippen LogP contribution < -0.4 is 15.4 Å². The van der Waals surface area contributed by atoms with Gasteiger partial charge in [0.15, 0.2) is 0 Å². The molecule has 0 aromatic heterocycles. The number of urea groups is 1. The highest BCUT2D eigenvalue weighted by atomic mass is 32.2. The van der Waals surface area contributed by atoms with E-state index in [2.05, 4.69) is 15.4 Å². The maximum Gasteiger partial charge on any atom is 0.321 e. The normalized spacial score (nSPS) is 14.0. The van der Waals surface area contributed by atoms with Crippen LogP contribution in [-0.4, -0.2) is 44.4 Å². The SMILES string of the molecule is CC(C)NS(=O)(=O)c1cccc(C(=O)NCc2cccc(NC(=O)N3CCCC3)c2)c1. The molecule has 0 aliphatic carbocycles. The van der Waals surface area contributed by atoms with Gasteiger partial charge in [-0.1, -0.05) is 18.2 Å². The monoisotopic (exact) mass is 444 g/mol. The Morgan fingerprint density at radius 2 is 1.74 bits per heavy atom. The third kappa shape index (κ3) is 6.28. The van der Waals surface area contributed by atoms with Crippen molar-refractivity contribution in [2.45, 2.75) is 44.2 Å². The van der Waals surface area contributed by atoms with Crippen molar-refractivity contribution < 1.29 is 18.0 Å². The topological polar surface area (TPSA) is 108 Å². The maximum atomic E-state index is 12.6. The number of amides is 3. The minimum Gasteiger partial charge on any atom is -0.348 e. The van der Waals surface area contributed by atoms with Crippen molar-refractivity contribution in [1.29, 1.82) is 0 Å². The van der Waals surface area contributed by atoms with Gasteiger partial charge in [-0.2, -0.15) is 0 Å². The third-order valence-electron chi connectivity index (χ3n) is 4.82. The van der Waals surface area contributed by atoms with Crippen molar-refractivity contribution in [2.75, 3.05) is 18.4 Å². The second kappa shape index (κ2) is 9.93. The Balaban J connectivity index is 1.62. The molecule has 0 saturated carbocycles. The van der Waals surface area contributed by atoms with Crippen LogP contribution in [0.4, 0.5) is 10.5 Å². The summed E-state index contributed by atoms with van der Waals surface area (Å²) in [5.74, 6) is -0.381. The molecule has 3 rings (SSSR count). The van der Waals surface area contributed by atoms with E-state index >= 15 is 0 Å². The Labute approximate surface area is 183 Å². The van der Waals surface area contributed by atoms with Gasteiger partial charge in [0.2, 0.25) is 10.0 Å². The lowest BCUT2D eigenvalue weighted by atomic mass is 10.1. The van der Waals surface area contributed by atoms with Gasteiger partial charge >= 0.3 is 6.03 Å². The van der Waals surface area contributed by atoms with Gasteiger partial charge < -0.3 is 15.5 Å². The van der Waals surface area contributed by atoms with Crippen LogP contribution in [0.2, 0.25) is 0 Å². The molecule has 1 fully saturated rings. The predicted octanol–water partition coefficient (Wildman–Crippen LogP) is 2.93. The number of carbonyl (C=O) groups is 2. The molecule has 1 saturated heterocycles. The van der Waals surface area contributed by atoms with Crippen molar-refractivity contribution in [2.24, 2.45) is 0 Å². The fourth-order valence-electron chi connectivity index (χ4n) is 3.35. The van der Waals surface area contributed by atoms with Gasteiger partial charge in [0.25, 0.3) is 5.91 Å². The molecule has 1 heterocycles. The van der Waals surface area contributed by atoms with Crippen LogP contribution in [0.1, 0.15) is 42.6 Å². The average molecular weight is 445 g/mol. The van der Waals surface area contributed by atoms with Crippen LogP contribution in [0.15, 0.2) is 53.4 Å². The molecular formula is C22H28N4O4S. The molecule has 0 spiro atoms. The summed E-state index contributed by atoms with van der Waals surface area (Å²) in [5, 5.41) is 5.68. The first-order chi connectivity index (χ1) is 14.7. The van der Waals surface area contributed by atoms with Gasteiger partial charge in [-0.3, -0.25) is 4.79 Å². The van der Waals surface area contributed by atoms with E-state index in [-0.39, 0.29) is 35.0 Å². The van der Waals surface area contributed by atoms with Crippen molar-refractivity contribution in [3.63, 3.8) is 0 Å². The van der Waals surface area contributed by atoms with E-state index in [1.807, 2.05) is 18.2 Å². The predicted molar refractivity (Wildman–Crippen MR) is 119 cm³/mol. The number of benzene rings is 2. The van der Waals surface area contributed by atoms with Gasteiger partial charge in [-0.05, 0) is 62.6 Å². The standard InChI is InChI=1S/C22H28N4O4S/c1-16(2)25-31(29,30)20-10-6-8-18(14-20)21(27)23-15-17-7-5-9-19(13-17)24-22(28)26-11-3-4-12-26/h5-10,13-14,16,25H,3-4,11-12,15H2,1-2H3,(H,23,27)(H,24,28). The summed E-state index contributed by atoms with van der Waals surface area (Å²) in [6, 6.07) is 12.8. The molecule has 0 atom stereocenters. The van der Waals surface area contributed by atoms with Crippen LogP contribution in [0, 0.1) is 0 Å². The van der Waals surface area contributed by atoms with Crippen LogP contribution in [0.3, 0.4) is 0 Å². The van der Waals surface area contributed by atoms with Gasteiger partial charge in [0, 0.05) is 36.9 Å². The molecule has 3 amide bonds. The molecule has 1 aliphatic rings. The summed E-state index contributed by atoms with van der Waals surface area (Å²) < 4.78 is 27.2. The maximum absolute atomic E-state index is 12.6. The smallest absolute Gasteiger partial charge is 0.321 e. The van der Waals surface area contributed by atoms with E-state index in [1.54, 1.807) is 30.9 Å². The molecule has 0 radical (unpaired) electrons. The Kier molecular flexibility index (Phi) is 7.29. The average Bonchev–Trinajstić information content (AvgIpc) is 3.27. The van der Waals surface area contributed by atoms with Crippen LogP contribution in [0.5, 0.6) is 0 Å². The van der Waals surface area contributed by atoms with Crippen LogP contribution in [-0.2, 0) is 16.6 Å². The summed E-state index contributed by atoms with van der Waals surface area (Å²) in [6.45, 7) is 5.24. The highest BCUT2D eigenvalue weighted by Crippen LogP contribution is 2.15. The number of hydrogen-bond donors (Lipinski definition) is 3. The summed E-state index contributed by atoms with van der Waals surface area (Å²) in [7, 11) is -3.68. The molecule has 166 valence electrons. The summed E-state index contributed by atoms with van der Waals surface area (Å²) in [6.07, 6.45) is 2.05. The minimum atomic E-state index is -3.68. The van der Waals surface area contributed by atoms with E-state index in [1.165, 1.54) is 18.2 Å². The van der Waals surface area contributed by atoms with Gasteiger partial charge in [-0.25, -0.2) is 17.9 Å². The molecular weight excluding hydrogens is 416 g/mol. The van der Waals surface area contributed by atoms with Crippen molar-refractivity contribution >= 4 is 27.6 Å². The second-order valence-electron chi connectivity index (χ2n) is 7.81. The Morgan fingerprint density at radius 3 is 2.45 bits per heavy atom. The molecule has 9 heteroatoms. The molecule has 8 nitrogen and oxygen atoms in total. The Morgan fingerprint density at radius 1 is 1.03 bits per heavy atom. The van der Waals surface area contributed by atoms with Crippen LogP contribution >= 0.6 is 0 Å². The lowest BCUT2D eigenvalue weighted by Crippen LogP contribution is -2.32. The quantitative estimate of drug-likeness (QED) is 0.610. The fourth-order valence-corrected chi connectivity index (χ4v) is 4.65. The first-order valence-corrected chi connectivity index (χ1v) is 11.8. The molecule has 31 heavy (non-hydrogen) atoms. The lowest BCUT2D eigenvalue weighted by molar-refractivity contribution is 0.0950. The zero-order valence-corrected chi connectivity index (χ0v) is 18.5. The summed E-state index contributed by atoms with van der Waals surface area (Å²) in [4.78, 5) is 26.6. The van der Waals surface area contributed by atoms with Crippen molar-refractivity contribution in [1.82, 2.24) is 14.9 Å². The largest absolute Gasteiger partial charge is 0.348 e. The molecule has 0 bridgehead atoms. The van der Waals surface area contributed by atoms with E-state index < -0.39 is 10.0 Å². The van der Waals surface area contributed by atoms with Gasteiger partial charge in [0.1, 0.15) is 0 Å². The highest BCUT2D eigenvalue weighted by Gasteiger charge is 2.18. The number of likely N-dealkylation sites (tertiary alicyclic amines) is 1. The molecule has 2 aromatic carbocycles. The lowest BCUT2D eigenvalue weighted by Gasteiger charge is -2.16. The summed E-state index contributed by atoms with van der Waals surface area (Å²) in [5.41, 5.74) is 1.74. The third-order valence-corrected chi connectivity index (χ3v) is 6.48. The number of carbonyl (C=O) groups excluding carboxylic acids is 2. The fraction of sp³-hybridized carbons (Fsp3) is 0.364. The number of anilines is 1. The molecule has 1 aliphatic heterocycles. The Hall–Kier alpha value is -2.91. The van der Waals surface area contributed by atoms with Crippen molar-refractivity contribution in [3.8, 4) is 0 Å². The zero-order valence-electron chi connectivity index (χ0n) is 17.7.